The molecule has 0 fully saturated rings. The Balaban J connectivity index is 2.83. The van der Waals surface area contributed by atoms with E-state index in [1.54, 1.807) is 0 Å². The second kappa shape index (κ2) is 3.35. The molecule has 0 aliphatic carbocycles. The lowest BCUT2D eigenvalue weighted by Crippen LogP contribution is -1.88. The molecule has 2 aromatic rings. The number of hydrogen-bond acceptors (Lipinski definition) is 1. The van der Waals surface area contributed by atoms with Crippen LogP contribution in [0, 0.1) is 20.8 Å². The summed E-state index contributed by atoms with van der Waals surface area (Å²) in [6, 6.07) is 6.49. The van der Waals surface area contributed by atoms with Crippen molar-refractivity contribution in [1.29, 1.82) is 0 Å². The standard InChI is InChI=1S/C12H12BrN/c1-7-4-10-5-9(3)12(13)14-11(10)6-8(7)2/h4-6H,1-3H3. The molecule has 1 heterocycles. The highest BCUT2D eigenvalue weighted by molar-refractivity contribution is 9.10. The van der Waals surface area contributed by atoms with E-state index in [2.05, 4.69) is 59.9 Å². The van der Waals surface area contributed by atoms with E-state index in [0.29, 0.717) is 0 Å². The molecule has 0 atom stereocenters. The zero-order valence-corrected chi connectivity index (χ0v) is 10.1. The van der Waals surface area contributed by atoms with Gasteiger partial charge in [0.25, 0.3) is 0 Å². The van der Waals surface area contributed by atoms with Gasteiger partial charge in [0.1, 0.15) is 4.60 Å². The first-order valence-electron chi connectivity index (χ1n) is 4.62. The molecule has 1 nitrogen and oxygen atoms in total. The zero-order valence-electron chi connectivity index (χ0n) is 8.56. The van der Waals surface area contributed by atoms with Gasteiger partial charge in [0.15, 0.2) is 0 Å². The molecule has 0 N–H and O–H groups in total. The van der Waals surface area contributed by atoms with Gasteiger partial charge in [0, 0.05) is 5.39 Å². The molecule has 0 spiro atoms. The van der Waals surface area contributed by atoms with Crippen LogP contribution in [0.25, 0.3) is 10.9 Å². The van der Waals surface area contributed by atoms with Crippen molar-refractivity contribution >= 4 is 26.8 Å². The molecule has 2 heteroatoms. The van der Waals surface area contributed by atoms with Crippen molar-refractivity contribution < 1.29 is 0 Å². The maximum Gasteiger partial charge on any atom is 0.109 e. The minimum Gasteiger partial charge on any atom is -0.241 e. The van der Waals surface area contributed by atoms with Crippen LogP contribution in [-0.4, -0.2) is 4.98 Å². The van der Waals surface area contributed by atoms with Crippen molar-refractivity contribution in [3.63, 3.8) is 0 Å². The molecule has 2 rings (SSSR count). The maximum atomic E-state index is 4.49. The molecule has 14 heavy (non-hydrogen) atoms. The summed E-state index contributed by atoms with van der Waals surface area (Å²) < 4.78 is 0.938. The highest BCUT2D eigenvalue weighted by atomic mass is 79.9. The van der Waals surface area contributed by atoms with E-state index in [-0.39, 0.29) is 0 Å². The summed E-state index contributed by atoms with van der Waals surface area (Å²) in [5.74, 6) is 0. The van der Waals surface area contributed by atoms with Crippen LogP contribution in [0.1, 0.15) is 16.7 Å². The highest BCUT2D eigenvalue weighted by Crippen LogP contribution is 2.22. The van der Waals surface area contributed by atoms with Crippen molar-refractivity contribution in [2.75, 3.05) is 0 Å². The van der Waals surface area contributed by atoms with Gasteiger partial charge >= 0.3 is 0 Å². The minimum absolute atomic E-state index is 0.938. The number of nitrogens with zero attached hydrogens (tertiary/aromatic N) is 1. The summed E-state index contributed by atoms with van der Waals surface area (Å²) in [5.41, 5.74) is 4.85. The van der Waals surface area contributed by atoms with Gasteiger partial charge < -0.3 is 0 Å². The van der Waals surface area contributed by atoms with Crippen LogP contribution in [-0.2, 0) is 0 Å². The molecule has 72 valence electrons. The first-order valence-corrected chi connectivity index (χ1v) is 5.41. The molecule has 0 saturated heterocycles. The Labute approximate surface area is 92.3 Å². The Morgan fingerprint density at radius 1 is 0.929 bits per heavy atom. The zero-order chi connectivity index (χ0) is 10.3. The normalized spacial score (nSPS) is 10.9. The van der Waals surface area contributed by atoms with E-state index in [1.807, 2.05) is 0 Å². The maximum absolute atomic E-state index is 4.49. The van der Waals surface area contributed by atoms with Gasteiger partial charge in [-0.2, -0.15) is 0 Å². The Kier molecular flexibility index (Phi) is 2.31. The summed E-state index contributed by atoms with van der Waals surface area (Å²) in [6.07, 6.45) is 0. The molecular formula is C12H12BrN. The van der Waals surface area contributed by atoms with Crippen LogP contribution in [0.4, 0.5) is 0 Å². The minimum atomic E-state index is 0.938. The number of aryl methyl sites for hydroxylation is 3. The SMILES string of the molecule is Cc1cc2cc(C)c(Br)nc2cc1C. The molecule has 0 aliphatic heterocycles. The molecule has 0 unspecified atom stereocenters. The average Bonchev–Trinajstić information content (AvgIpc) is 2.11. The third-order valence-corrected chi connectivity index (χ3v) is 3.36. The van der Waals surface area contributed by atoms with Gasteiger partial charge in [-0.3, -0.25) is 0 Å². The quantitative estimate of drug-likeness (QED) is 0.645. The van der Waals surface area contributed by atoms with Gasteiger partial charge in [-0.15, -0.1) is 0 Å². The fraction of sp³-hybridized carbons (Fsp3) is 0.250. The van der Waals surface area contributed by atoms with Gasteiger partial charge in [0.05, 0.1) is 5.52 Å². The van der Waals surface area contributed by atoms with Crippen LogP contribution in [0.3, 0.4) is 0 Å². The van der Waals surface area contributed by atoms with Crippen molar-refractivity contribution in [3.05, 3.63) is 39.5 Å². The third-order valence-electron chi connectivity index (χ3n) is 2.56. The molecule has 0 amide bonds. The van der Waals surface area contributed by atoms with Crippen molar-refractivity contribution in [1.82, 2.24) is 4.98 Å². The second-order valence-electron chi connectivity index (χ2n) is 3.73. The lowest BCUT2D eigenvalue weighted by atomic mass is 10.1. The van der Waals surface area contributed by atoms with E-state index in [9.17, 15) is 0 Å². The fourth-order valence-corrected chi connectivity index (χ4v) is 1.83. The highest BCUT2D eigenvalue weighted by Gasteiger charge is 2.02. The number of benzene rings is 1. The number of rotatable bonds is 0. The van der Waals surface area contributed by atoms with E-state index >= 15 is 0 Å². The summed E-state index contributed by atoms with van der Waals surface area (Å²) >= 11 is 3.45. The van der Waals surface area contributed by atoms with Gasteiger partial charge in [-0.1, -0.05) is 0 Å². The van der Waals surface area contributed by atoms with Crippen molar-refractivity contribution in [3.8, 4) is 0 Å². The van der Waals surface area contributed by atoms with Crippen LogP contribution >= 0.6 is 15.9 Å². The second-order valence-corrected chi connectivity index (χ2v) is 4.48. The number of hydrogen-bond donors (Lipinski definition) is 0. The van der Waals surface area contributed by atoms with E-state index in [0.717, 1.165) is 10.1 Å². The molecule has 1 aromatic carbocycles. The average molecular weight is 250 g/mol. The Hall–Kier alpha value is -0.890. The summed E-state index contributed by atoms with van der Waals surface area (Å²) in [4.78, 5) is 4.49. The smallest absolute Gasteiger partial charge is 0.109 e. The van der Waals surface area contributed by atoms with Crippen molar-refractivity contribution in [2.24, 2.45) is 0 Å². The molecular weight excluding hydrogens is 238 g/mol. The first-order chi connectivity index (χ1) is 6.58. The van der Waals surface area contributed by atoms with E-state index < -0.39 is 0 Å². The number of pyridine rings is 1. The van der Waals surface area contributed by atoms with E-state index in [4.69, 9.17) is 0 Å². The molecule has 0 radical (unpaired) electrons. The Morgan fingerprint density at radius 3 is 2.21 bits per heavy atom. The van der Waals surface area contributed by atoms with Crippen LogP contribution in [0.15, 0.2) is 22.8 Å². The summed E-state index contributed by atoms with van der Waals surface area (Å²) in [6.45, 7) is 6.31. The lowest BCUT2D eigenvalue weighted by molar-refractivity contribution is 1.26. The predicted octanol–water partition coefficient (Wildman–Crippen LogP) is 3.92. The number of aromatic nitrogens is 1. The van der Waals surface area contributed by atoms with E-state index in [1.165, 1.54) is 22.1 Å². The molecule has 1 aromatic heterocycles. The molecule has 0 aliphatic rings. The lowest BCUT2D eigenvalue weighted by Gasteiger charge is -2.05. The summed E-state index contributed by atoms with van der Waals surface area (Å²) in [5, 5.41) is 1.22. The number of halogens is 1. The predicted molar refractivity (Wildman–Crippen MR) is 63.7 cm³/mol. The van der Waals surface area contributed by atoms with Gasteiger partial charge in [-0.25, -0.2) is 4.98 Å². The largest absolute Gasteiger partial charge is 0.241 e. The van der Waals surface area contributed by atoms with Crippen molar-refractivity contribution in [2.45, 2.75) is 20.8 Å². The summed E-state index contributed by atoms with van der Waals surface area (Å²) in [7, 11) is 0. The number of fused-ring (bicyclic) bond motifs is 1. The first kappa shape index (κ1) is 9.66. The van der Waals surface area contributed by atoms with Gasteiger partial charge in [-0.05, 0) is 71.6 Å². The van der Waals surface area contributed by atoms with Crippen LogP contribution in [0.5, 0.6) is 0 Å². The molecule has 0 saturated carbocycles. The fourth-order valence-electron chi connectivity index (χ4n) is 1.52. The topological polar surface area (TPSA) is 12.9 Å². The Morgan fingerprint density at radius 2 is 1.50 bits per heavy atom. The molecule has 0 bridgehead atoms. The third kappa shape index (κ3) is 1.55. The van der Waals surface area contributed by atoms with Gasteiger partial charge in [0.2, 0.25) is 0 Å². The van der Waals surface area contributed by atoms with Crippen LogP contribution < -0.4 is 0 Å². The Bertz CT molecular complexity index is 414. The van der Waals surface area contributed by atoms with Crippen LogP contribution in [0.2, 0.25) is 0 Å². The monoisotopic (exact) mass is 249 g/mol.